The van der Waals surface area contributed by atoms with Crippen LogP contribution in [0, 0.1) is 0 Å². The van der Waals surface area contributed by atoms with Gasteiger partial charge in [-0.05, 0) is 0 Å². The molecule has 0 amide bonds. The van der Waals surface area contributed by atoms with Crippen molar-refractivity contribution in [3.05, 3.63) is 0 Å². The molecule has 0 heterocycles. The predicted molar refractivity (Wildman–Crippen MR) is 24.3 cm³/mol. The summed E-state index contributed by atoms with van der Waals surface area (Å²) < 4.78 is 0. The van der Waals surface area contributed by atoms with Crippen molar-refractivity contribution in [1.82, 2.24) is 0 Å². The van der Waals surface area contributed by atoms with Gasteiger partial charge in [-0.3, -0.25) is 0 Å². The van der Waals surface area contributed by atoms with Crippen molar-refractivity contribution in [1.29, 1.82) is 0 Å². The van der Waals surface area contributed by atoms with E-state index < -0.39 is 25.9 Å². The average molecular weight is 307 g/mol. The Morgan fingerprint density at radius 3 is 0.500 bits per heavy atom. The predicted octanol–water partition coefficient (Wildman–Crippen LogP) is -6.54. The van der Waals surface area contributed by atoms with Crippen LogP contribution in [0.1, 0.15) is 0 Å². The number of hydrogen-bond donors (Lipinski definition) is 0. The maximum atomic E-state index is 8.25. The Morgan fingerprint density at radius 2 is 0.500 bits per heavy atom. The molecule has 0 aromatic rings. The van der Waals surface area contributed by atoms with Crippen LogP contribution < -0.4 is 20.4 Å². The molecule has 0 rings (SSSR count). The van der Waals surface area contributed by atoms with Crippen molar-refractivity contribution in [2.24, 2.45) is 0 Å². The summed E-state index contributed by atoms with van der Waals surface area (Å²) >= 11 is 0. The Kier molecular flexibility index (Phi) is 457. The molecule has 0 spiro atoms. The monoisotopic (exact) mass is 306 g/mol. The molecule has 0 aliphatic rings. The Labute approximate surface area is 99.9 Å². The summed E-state index contributed by atoms with van der Waals surface area (Å²) in [5.74, 6) is 0. The van der Waals surface area contributed by atoms with Gasteiger partial charge in [0.2, 0.25) is 0 Å². The zero-order valence-corrected chi connectivity index (χ0v) is 8.06. The molecule has 0 aromatic carbocycles. The van der Waals surface area contributed by atoms with Crippen molar-refractivity contribution in [3.63, 3.8) is 0 Å². The van der Waals surface area contributed by atoms with Gasteiger partial charge in [-0.15, -0.1) is 0 Å². The van der Waals surface area contributed by atoms with Crippen molar-refractivity contribution in [3.8, 4) is 0 Å². The SMILES string of the molecule is O=C[O-].O=C[O-].O=C[O-].O=C[O-].[Cu+2].[Cu+2]. The third-order valence-corrected chi connectivity index (χ3v) is 0. The third-order valence-electron chi connectivity index (χ3n) is 0. The zero-order valence-electron chi connectivity index (χ0n) is 6.18. The van der Waals surface area contributed by atoms with Crippen LogP contribution >= 0.6 is 0 Å². The molecule has 0 saturated heterocycles. The van der Waals surface area contributed by atoms with Gasteiger partial charge in [0.15, 0.2) is 0 Å². The van der Waals surface area contributed by atoms with Crippen molar-refractivity contribution in [2.45, 2.75) is 0 Å². The first kappa shape index (κ1) is 38.3. The minimum atomic E-state index is -0.500. The van der Waals surface area contributed by atoms with Crippen LogP contribution in [0.4, 0.5) is 0 Å². The Balaban J connectivity index is -0.0000000145. The van der Waals surface area contributed by atoms with Gasteiger partial charge in [0.1, 0.15) is 0 Å². The minimum Gasteiger partial charge on any atom is -0.554 e. The van der Waals surface area contributed by atoms with Crippen LogP contribution in [0.25, 0.3) is 0 Å². The molecule has 2 radical (unpaired) electrons. The second-order valence-corrected chi connectivity index (χ2v) is 0.385. The van der Waals surface area contributed by atoms with Crippen LogP contribution in [-0.2, 0) is 53.3 Å². The molecular formula is C4H4Cu2O8. The second-order valence-electron chi connectivity index (χ2n) is 0.385. The van der Waals surface area contributed by atoms with E-state index >= 15 is 0 Å². The van der Waals surface area contributed by atoms with Gasteiger partial charge in [-0.1, -0.05) is 0 Å². The summed E-state index contributed by atoms with van der Waals surface area (Å²) in [6.07, 6.45) is 0. The quantitative estimate of drug-likeness (QED) is 0.315. The fraction of sp³-hybridized carbons (Fsp3) is 0. The standard InChI is InChI=1S/4CH2O2.2Cu/c4*2-1-3;;/h4*1H,(H,2,3);;/q;;;;2*+2/p-4. The molecule has 0 aliphatic carbocycles. The topological polar surface area (TPSA) is 161 Å². The molecule has 0 N–H and O–H groups in total. The normalized spacial score (nSPS) is 3.43. The molecule has 10 heteroatoms. The molecule has 14 heavy (non-hydrogen) atoms. The molecule has 8 nitrogen and oxygen atoms in total. The van der Waals surface area contributed by atoms with Gasteiger partial charge in [0, 0.05) is 25.9 Å². The Morgan fingerprint density at radius 1 is 0.500 bits per heavy atom. The van der Waals surface area contributed by atoms with E-state index in [0.717, 1.165) is 0 Å². The van der Waals surface area contributed by atoms with Crippen LogP contribution in [0.15, 0.2) is 0 Å². The van der Waals surface area contributed by atoms with Gasteiger partial charge in [0.05, 0.1) is 0 Å². The molecule has 90 valence electrons. The van der Waals surface area contributed by atoms with E-state index in [2.05, 4.69) is 0 Å². The van der Waals surface area contributed by atoms with E-state index in [1.54, 1.807) is 0 Å². The fourth-order valence-electron chi connectivity index (χ4n) is 0. The van der Waals surface area contributed by atoms with Gasteiger partial charge in [-0.25, -0.2) is 0 Å². The maximum absolute atomic E-state index is 8.25. The summed E-state index contributed by atoms with van der Waals surface area (Å²) in [6.45, 7) is -2.00. The number of carboxylic acid groups (broad SMARTS) is 4. The van der Waals surface area contributed by atoms with Crippen LogP contribution in [0.2, 0.25) is 0 Å². The Hall–Kier alpha value is -1.08. The average Bonchev–Trinajstić information content (AvgIpc) is 1.92. The van der Waals surface area contributed by atoms with E-state index in [-0.39, 0.29) is 34.1 Å². The van der Waals surface area contributed by atoms with E-state index in [1.165, 1.54) is 0 Å². The van der Waals surface area contributed by atoms with E-state index in [0.29, 0.717) is 0 Å². The summed E-state index contributed by atoms with van der Waals surface area (Å²) in [5, 5.41) is 33.0. The van der Waals surface area contributed by atoms with E-state index in [9.17, 15) is 0 Å². The van der Waals surface area contributed by atoms with Gasteiger partial charge in [0.25, 0.3) is 0 Å². The van der Waals surface area contributed by atoms with Crippen molar-refractivity contribution >= 4 is 25.9 Å². The van der Waals surface area contributed by atoms with Gasteiger partial charge in [-0.2, -0.15) is 0 Å². The summed E-state index contributed by atoms with van der Waals surface area (Å²) in [7, 11) is 0. The molecule has 0 unspecified atom stereocenters. The molecule has 0 bridgehead atoms. The van der Waals surface area contributed by atoms with Crippen molar-refractivity contribution < 1.29 is 73.7 Å². The number of hydrogen-bond acceptors (Lipinski definition) is 8. The molecule has 0 aromatic heterocycles. The van der Waals surface area contributed by atoms with Crippen LogP contribution in [-0.4, -0.2) is 25.9 Å². The minimum absolute atomic E-state index is 0. The smallest absolute Gasteiger partial charge is 0.554 e. The summed E-state index contributed by atoms with van der Waals surface area (Å²) in [6, 6.07) is 0. The largest absolute Gasteiger partial charge is 2.00 e. The van der Waals surface area contributed by atoms with E-state index in [4.69, 9.17) is 39.6 Å². The summed E-state index contributed by atoms with van der Waals surface area (Å²) in [5.41, 5.74) is 0. The number of carbonyl (C=O) groups excluding carboxylic acids is 4. The number of carbonyl (C=O) groups is 4. The maximum Gasteiger partial charge on any atom is 2.00 e. The molecule has 0 fully saturated rings. The number of rotatable bonds is 0. The van der Waals surface area contributed by atoms with Crippen molar-refractivity contribution in [2.75, 3.05) is 0 Å². The molecule has 0 atom stereocenters. The van der Waals surface area contributed by atoms with Crippen LogP contribution in [0.3, 0.4) is 0 Å². The summed E-state index contributed by atoms with van der Waals surface area (Å²) in [4.78, 5) is 33.0. The molecular weight excluding hydrogens is 303 g/mol. The molecule has 0 saturated carbocycles. The van der Waals surface area contributed by atoms with E-state index in [1.807, 2.05) is 0 Å². The first-order valence-electron chi connectivity index (χ1n) is 1.89. The first-order valence-corrected chi connectivity index (χ1v) is 1.89. The molecule has 0 aliphatic heterocycles. The Bertz CT molecular complexity index is 73.3. The third kappa shape index (κ3) is 919. The fourth-order valence-corrected chi connectivity index (χ4v) is 0. The van der Waals surface area contributed by atoms with Crippen LogP contribution in [0.5, 0.6) is 0 Å². The van der Waals surface area contributed by atoms with Gasteiger partial charge < -0.3 is 39.6 Å². The zero-order chi connectivity index (χ0) is 10.8. The second kappa shape index (κ2) is 167. The van der Waals surface area contributed by atoms with Gasteiger partial charge >= 0.3 is 34.1 Å². The first-order chi connectivity index (χ1) is 5.66.